The number of hydrogen-bond donors (Lipinski definition) is 1. The Morgan fingerprint density at radius 1 is 0.917 bits per heavy atom. The van der Waals surface area contributed by atoms with Crippen molar-refractivity contribution in [3.05, 3.63) is 94.9 Å². The molecule has 3 aromatic carbocycles. The first kappa shape index (κ1) is 23.4. The van der Waals surface area contributed by atoms with Crippen molar-refractivity contribution >= 4 is 28.3 Å². The van der Waals surface area contributed by atoms with Crippen LogP contribution >= 0.6 is 0 Å². The highest BCUT2D eigenvalue weighted by Gasteiger charge is 2.24. The van der Waals surface area contributed by atoms with Crippen LogP contribution in [-0.4, -0.2) is 53.6 Å². The number of piperazine rings is 1. The van der Waals surface area contributed by atoms with Crippen molar-refractivity contribution < 1.29 is 9.53 Å². The molecule has 1 aromatic heterocycles. The number of carbonyl (C=O) groups is 1. The monoisotopic (exact) mass is 483 g/mol. The molecule has 1 aliphatic heterocycles. The summed E-state index contributed by atoms with van der Waals surface area (Å²) in [5, 5.41) is 4.09. The van der Waals surface area contributed by atoms with Gasteiger partial charge in [-0.3, -0.25) is 9.36 Å². The van der Waals surface area contributed by atoms with Crippen molar-refractivity contribution in [2.75, 3.05) is 43.5 Å². The molecule has 1 N–H and O–H groups in total. The van der Waals surface area contributed by atoms with Crippen LogP contribution in [0, 0.1) is 0 Å². The van der Waals surface area contributed by atoms with Crippen LogP contribution in [0.25, 0.3) is 10.9 Å². The average Bonchev–Trinajstić information content (AvgIpc) is 2.94. The molecule has 1 aliphatic rings. The number of methoxy groups -OCH3 is 1. The molecule has 0 radical (unpaired) electrons. The Labute approximate surface area is 209 Å². The third-order valence-electron chi connectivity index (χ3n) is 6.54. The van der Waals surface area contributed by atoms with E-state index >= 15 is 0 Å². The second-order valence-corrected chi connectivity index (χ2v) is 8.73. The topological polar surface area (TPSA) is 79.7 Å². The highest BCUT2D eigenvalue weighted by atomic mass is 16.5. The molecular formula is C28H29N5O3. The number of carbonyl (C=O) groups excluding carboxylic acids is 1. The van der Waals surface area contributed by atoms with Crippen LogP contribution in [-0.2, 0) is 17.9 Å². The van der Waals surface area contributed by atoms with Crippen molar-refractivity contribution in [2.24, 2.45) is 0 Å². The van der Waals surface area contributed by atoms with Gasteiger partial charge >= 0.3 is 5.69 Å². The lowest BCUT2D eigenvalue weighted by atomic mass is 10.2. The van der Waals surface area contributed by atoms with Gasteiger partial charge in [0.25, 0.3) is 0 Å². The molecule has 2 heterocycles. The van der Waals surface area contributed by atoms with Crippen LogP contribution in [0.2, 0.25) is 0 Å². The number of aromatic nitrogens is 2. The SMILES string of the molecule is COc1ccccc1N1CCN(C(=O)Cn2c(=O)nc(NCc3ccccc3)c3ccccc32)CC1. The van der Waals surface area contributed by atoms with Gasteiger partial charge < -0.3 is 19.9 Å². The fourth-order valence-electron chi connectivity index (χ4n) is 4.62. The molecule has 0 spiro atoms. The largest absolute Gasteiger partial charge is 0.495 e. The second-order valence-electron chi connectivity index (χ2n) is 8.73. The van der Waals surface area contributed by atoms with Crippen molar-refractivity contribution in [3.63, 3.8) is 0 Å². The van der Waals surface area contributed by atoms with Crippen molar-refractivity contribution in [1.82, 2.24) is 14.5 Å². The first-order valence-electron chi connectivity index (χ1n) is 12.1. The van der Waals surface area contributed by atoms with Crippen LogP contribution in [0.1, 0.15) is 5.56 Å². The lowest BCUT2D eigenvalue weighted by Crippen LogP contribution is -2.50. The molecule has 0 aliphatic carbocycles. The summed E-state index contributed by atoms with van der Waals surface area (Å²) in [5.74, 6) is 1.25. The molecule has 184 valence electrons. The molecule has 1 saturated heterocycles. The zero-order valence-electron chi connectivity index (χ0n) is 20.3. The Morgan fingerprint density at radius 2 is 1.61 bits per heavy atom. The lowest BCUT2D eigenvalue weighted by molar-refractivity contribution is -0.132. The van der Waals surface area contributed by atoms with Gasteiger partial charge in [0, 0.05) is 38.1 Å². The van der Waals surface area contributed by atoms with E-state index in [1.165, 1.54) is 4.57 Å². The molecule has 1 amide bonds. The molecule has 36 heavy (non-hydrogen) atoms. The Hall–Kier alpha value is -4.33. The molecular weight excluding hydrogens is 454 g/mol. The van der Waals surface area contributed by atoms with Gasteiger partial charge in [-0.15, -0.1) is 0 Å². The molecule has 1 fully saturated rings. The fraction of sp³-hybridized carbons (Fsp3) is 0.250. The summed E-state index contributed by atoms with van der Waals surface area (Å²) in [5.41, 5.74) is 2.37. The van der Waals surface area contributed by atoms with Crippen molar-refractivity contribution in [3.8, 4) is 5.75 Å². The quantitative estimate of drug-likeness (QED) is 0.434. The maximum absolute atomic E-state index is 13.2. The average molecular weight is 484 g/mol. The van der Waals surface area contributed by atoms with E-state index in [0.29, 0.717) is 44.1 Å². The zero-order valence-corrected chi connectivity index (χ0v) is 20.3. The number of benzene rings is 3. The van der Waals surface area contributed by atoms with Gasteiger partial charge in [-0.2, -0.15) is 4.98 Å². The van der Waals surface area contributed by atoms with E-state index in [4.69, 9.17) is 4.74 Å². The predicted molar refractivity (Wildman–Crippen MR) is 142 cm³/mol. The Balaban J connectivity index is 1.30. The molecule has 0 unspecified atom stereocenters. The van der Waals surface area contributed by atoms with Gasteiger partial charge in [-0.05, 0) is 29.8 Å². The summed E-state index contributed by atoms with van der Waals surface area (Å²) in [6.45, 7) is 3.06. The van der Waals surface area contributed by atoms with E-state index < -0.39 is 5.69 Å². The van der Waals surface area contributed by atoms with Crippen LogP contribution in [0.15, 0.2) is 83.7 Å². The molecule has 5 rings (SSSR count). The Bertz CT molecular complexity index is 1410. The summed E-state index contributed by atoms with van der Waals surface area (Å²) in [6.07, 6.45) is 0. The van der Waals surface area contributed by atoms with E-state index in [1.54, 1.807) is 7.11 Å². The third kappa shape index (κ3) is 4.88. The third-order valence-corrected chi connectivity index (χ3v) is 6.54. The van der Waals surface area contributed by atoms with Gasteiger partial charge in [0.1, 0.15) is 18.1 Å². The molecule has 8 heteroatoms. The van der Waals surface area contributed by atoms with E-state index in [9.17, 15) is 9.59 Å². The first-order valence-corrected chi connectivity index (χ1v) is 12.1. The summed E-state index contributed by atoms with van der Waals surface area (Å²) < 4.78 is 6.96. The summed E-state index contributed by atoms with van der Waals surface area (Å²) >= 11 is 0. The van der Waals surface area contributed by atoms with E-state index in [2.05, 4.69) is 15.2 Å². The molecule has 0 saturated carbocycles. The van der Waals surface area contributed by atoms with Gasteiger partial charge in [-0.25, -0.2) is 4.79 Å². The number of para-hydroxylation sites is 3. The first-order chi connectivity index (χ1) is 17.6. The van der Waals surface area contributed by atoms with Crippen LogP contribution in [0.5, 0.6) is 5.75 Å². The number of nitrogens with one attached hydrogen (secondary N) is 1. The number of anilines is 2. The van der Waals surface area contributed by atoms with E-state index in [0.717, 1.165) is 22.4 Å². The van der Waals surface area contributed by atoms with Gasteiger partial charge in [-0.1, -0.05) is 54.6 Å². The Morgan fingerprint density at radius 3 is 2.39 bits per heavy atom. The van der Waals surface area contributed by atoms with Gasteiger partial charge in [0.05, 0.1) is 18.3 Å². The zero-order chi connectivity index (χ0) is 24.9. The van der Waals surface area contributed by atoms with Crippen LogP contribution in [0.3, 0.4) is 0 Å². The molecule has 0 atom stereocenters. The maximum atomic E-state index is 13.2. The molecule has 8 nitrogen and oxygen atoms in total. The molecule has 4 aromatic rings. The fourth-order valence-corrected chi connectivity index (χ4v) is 4.62. The normalized spacial score (nSPS) is 13.6. The number of nitrogens with zero attached hydrogens (tertiary/aromatic N) is 4. The summed E-state index contributed by atoms with van der Waals surface area (Å²) in [6, 6.07) is 25.4. The minimum atomic E-state index is -0.440. The second kappa shape index (κ2) is 10.5. The summed E-state index contributed by atoms with van der Waals surface area (Å²) in [7, 11) is 1.66. The number of amides is 1. The minimum absolute atomic E-state index is 0.0417. The number of rotatable bonds is 7. The van der Waals surface area contributed by atoms with E-state index in [-0.39, 0.29) is 12.5 Å². The smallest absolute Gasteiger partial charge is 0.350 e. The maximum Gasteiger partial charge on any atom is 0.350 e. The number of hydrogen-bond acceptors (Lipinski definition) is 6. The standard InChI is InChI=1S/C28H29N5O3/c1-36-25-14-8-7-13-24(25)31-15-17-32(18-16-31)26(34)20-33-23-12-6-5-11-22(23)27(30-28(33)35)29-19-21-9-3-2-4-10-21/h2-14H,15-20H2,1H3,(H,29,30,35). The predicted octanol–water partition coefficient (Wildman–Crippen LogP) is 3.37. The van der Waals surface area contributed by atoms with Crippen molar-refractivity contribution in [2.45, 2.75) is 13.1 Å². The number of ether oxygens (including phenoxy) is 1. The number of fused-ring (bicyclic) bond motifs is 1. The van der Waals surface area contributed by atoms with Crippen LogP contribution < -0.4 is 20.6 Å². The Kier molecular flexibility index (Phi) is 6.84. The highest BCUT2D eigenvalue weighted by molar-refractivity contribution is 5.90. The molecule has 0 bridgehead atoms. The van der Waals surface area contributed by atoms with E-state index in [1.807, 2.05) is 83.8 Å². The van der Waals surface area contributed by atoms with Crippen molar-refractivity contribution in [1.29, 1.82) is 0 Å². The van der Waals surface area contributed by atoms with Crippen LogP contribution in [0.4, 0.5) is 11.5 Å². The minimum Gasteiger partial charge on any atom is -0.495 e. The highest BCUT2D eigenvalue weighted by Crippen LogP contribution is 2.28. The summed E-state index contributed by atoms with van der Waals surface area (Å²) in [4.78, 5) is 34.5. The lowest BCUT2D eigenvalue weighted by Gasteiger charge is -2.36. The van der Waals surface area contributed by atoms with Gasteiger partial charge in [0.2, 0.25) is 5.91 Å². The van der Waals surface area contributed by atoms with Gasteiger partial charge in [0.15, 0.2) is 0 Å².